The van der Waals surface area contributed by atoms with E-state index in [-0.39, 0.29) is 11.3 Å². The second-order valence-corrected chi connectivity index (χ2v) is 8.29. The van der Waals surface area contributed by atoms with Crippen molar-refractivity contribution in [1.29, 1.82) is 0 Å². The summed E-state index contributed by atoms with van der Waals surface area (Å²) in [5, 5.41) is 6.52. The van der Waals surface area contributed by atoms with Gasteiger partial charge in [0.1, 0.15) is 6.54 Å². The molecule has 2 aromatic heterocycles. The molecule has 1 saturated heterocycles. The Bertz CT molecular complexity index is 1440. The molecule has 9 nitrogen and oxygen atoms in total. The molecule has 5 rings (SSSR count). The number of benzene rings is 2. The van der Waals surface area contributed by atoms with Crippen LogP contribution in [0.4, 0.5) is 30.4 Å². The number of aromatic nitrogens is 4. The van der Waals surface area contributed by atoms with E-state index in [0.29, 0.717) is 18.9 Å². The van der Waals surface area contributed by atoms with Crippen molar-refractivity contribution in [3.05, 3.63) is 83.0 Å². The fourth-order valence-electron chi connectivity index (χ4n) is 4.24. The number of nitrogens with zero attached hydrogens (tertiary/aromatic N) is 6. The number of nitrogens with one attached hydrogen (secondary N) is 1. The minimum Gasteiger partial charge on any atom is -0.368 e. The van der Waals surface area contributed by atoms with Gasteiger partial charge < -0.3 is 15.1 Å². The number of para-hydroxylation sites is 2. The van der Waals surface area contributed by atoms with E-state index in [4.69, 9.17) is 0 Å². The Morgan fingerprint density at radius 1 is 0.944 bits per heavy atom. The Labute approximate surface area is 203 Å². The highest BCUT2D eigenvalue weighted by Crippen LogP contribution is 2.34. The molecule has 1 N–H and O–H groups in total. The molecule has 1 fully saturated rings. The first-order valence-electron chi connectivity index (χ1n) is 11.3. The molecular weight excluding hydrogens is 475 g/mol. The van der Waals surface area contributed by atoms with Crippen LogP contribution in [0, 0.1) is 0 Å². The lowest BCUT2D eigenvalue weighted by Crippen LogP contribution is -2.47. The number of anilines is 3. The number of fused-ring (bicyclic) bond motifs is 1. The van der Waals surface area contributed by atoms with Crippen molar-refractivity contribution in [2.45, 2.75) is 12.7 Å². The number of rotatable bonds is 5. The van der Waals surface area contributed by atoms with Gasteiger partial charge in [0.2, 0.25) is 11.6 Å². The van der Waals surface area contributed by atoms with Gasteiger partial charge in [-0.1, -0.05) is 30.3 Å². The second-order valence-electron chi connectivity index (χ2n) is 8.29. The molecule has 0 unspecified atom stereocenters. The average Bonchev–Trinajstić information content (AvgIpc) is 3.19. The zero-order chi connectivity index (χ0) is 25.3. The average molecular weight is 497 g/mol. The van der Waals surface area contributed by atoms with Crippen LogP contribution in [0.1, 0.15) is 5.56 Å². The van der Waals surface area contributed by atoms with Crippen LogP contribution in [-0.4, -0.2) is 51.3 Å². The molecule has 186 valence electrons. The number of halogens is 3. The second kappa shape index (κ2) is 9.36. The highest BCUT2D eigenvalue weighted by Gasteiger charge is 2.33. The predicted octanol–water partition coefficient (Wildman–Crippen LogP) is 2.88. The van der Waals surface area contributed by atoms with E-state index in [2.05, 4.69) is 20.3 Å². The molecule has 2 aromatic carbocycles. The lowest BCUT2D eigenvalue weighted by Gasteiger charge is -2.36. The highest BCUT2D eigenvalue weighted by atomic mass is 19.4. The minimum absolute atomic E-state index is 0.277. The lowest BCUT2D eigenvalue weighted by atomic mass is 10.1. The van der Waals surface area contributed by atoms with Gasteiger partial charge in [-0.15, -0.1) is 5.10 Å². The first-order chi connectivity index (χ1) is 17.3. The molecule has 0 saturated carbocycles. The summed E-state index contributed by atoms with van der Waals surface area (Å²) in [6.07, 6.45) is -1.70. The van der Waals surface area contributed by atoms with Crippen LogP contribution in [0.3, 0.4) is 0 Å². The fourth-order valence-corrected chi connectivity index (χ4v) is 4.24. The van der Waals surface area contributed by atoms with E-state index in [1.807, 2.05) is 35.2 Å². The van der Waals surface area contributed by atoms with Crippen LogP contribution in [0.5, 0.6) is 0 Å². The maximum atomic E-state index is 13.2. The molecular formula is C24H22F3N7O2. The van der Waals surface area contributed by atoms with E-state index >= 15 is 0 Å². The van der Waals surface area contributed by atoms with E-state index in [1.54, 1.807) is 0 Å². The molecule has 1 amide bonds. The van der Waals surface area contributed by atoms with Crippen molar-refractivity contribution < 1.29 is 18.0 Å². The Morgan fingerprint density at radius 2 is 1.61 bits per heavy atom. The summed E-state index contributed by atoms with van der Waals surface area (Å²) in [5.41, 5.74) is -0.538. The fraction of sp³-hybridized carbons (Fsp3) is 0.250. The molecule has 0 spiro atoms. The summed E-state index contributed by atoms with van der Waals surface area (Å²) < 4.78 is 41.9. The summed E-state index contributed by atoms with van der Waals surface area (Å²) in [4.78, 5) is 34.1. The number of hydrogen-bond acceptors (Lipinski definition) is 6. The molecule has 1 aliphatic rings. The summed E-state index contributed by atoms with van der Waals surface area (Å²) in [6.45, 7) is 2.25. The van der Waals surface area contributed by atoms with Crippen molar-refractivity contribution in [3.63, 3.8) is 0 Å². The summed E-state index contributed by atoms with van der Waals surface area (Å²) in [7, 11) is 0. The van der Waals surface area contributed by atoms with Crippen molar-refractivity contribution in [3.8, 4) is 0 Å². The maximum absolute atomic E-state index is 13.2. The van der Waals surface area contributed by atoms with Crippen LogP contribution in [0.2, 0.25) is 0 Å². The molecule has 0 radical (unpaired) electrons. The van der Waals surface area contributed by atoms with Gasteiger partial charge in [-0.05, 0) is 24.3 Å². The third-order valence-corrected chi connectivity index (χ3v) is 5.98. The summed E-state index contributed by atoms with van der Waals surface area (Å²) >= 11 is 0. The monoisotopic (exact) mass is 497 g/mol. The highest BCUT2D eigenvalue weighted by molar-refractivity contribution is 5.91. The quantitative estimate of drug-likeness (QED) is 0.456. The zero-order valence-electron chi connectivity index (χ0n) is 19.0. The van der Waals surface area contributed by atoms with Crippen molar-refractivity contribution in [2.24, 2.45) is 0 Å². The molecule has 12 heteroatoms. The van der Waals surface area contributed by atoms with Gasteiger partial charge in [0.15, 0.2) is 5.82 Å². The van der Waals surface area contributed by atoms with E-state index in [0.717, 1.165) is 35.6 Å². The molecule has 4 aromatic rings. The number of hydrogen-bond donors (Lipinski definition) is 1. The molecule has 0 bridgehead atoms. The van der Waals surface area contributed by atoms with E-state index in [9.17, 15) is 22.8 Å². The van der Waals surface area contributed by atoms with Gasteiger partial charge in [-0.25, -0.2) is 18.9 Å². The summed E-state index contributed by atoms with van der Waals surface area (Å²) in [6, 6.07) is 14.7. The molecule has 36 heavy (non-hydrogen) atoms. The Hall–Kier alpha value is -4.35. The van der Waals surface area contributed by atoms with Gasteiger partial charge in [-0.3, -0.25) is 4.79 Å². The van der Waals surface area contributed by atoms with Crippen molar-refractivity contribution >= 4 is 28.7 Å². The summed E-state index contributed by atoms with van der Waals surface area (Å²) in [5.74, 6) is -0.299. The van der Waals surface area contributed by atoms with E-state index in [1.165, 1.54) is 28.9 Å². The lowest BCUT2D eigenvalue weighted by molar-refractivity contribution is -0.137. The SMILES string of the molecule is O=C(Cn1nc2c(N3CCN(c4ccccc4)CC3)nccn2c1=O)Nc1ccccc1C(F)(F)F. The van der Waals surface area contributed by atoms with Crippen molar-refractivity contribution in [2.75, 3.05) is 41.3 Å². The molecule has 0 aliphatic carbocycles. The normalized spacial score (nSPS) is 14.3. The van der Waals surface area contributed by atoms with Gasteiger partial charge in [-0.2, -0.15) is 13.2 Å². The third kappa shape index (κ3) is 4.61. The largest absolute Gasteiger partial charge is 0.418 e. The first kappa shape index (κ1) is 23.4. The van der Waals surface area contributed by atoms with Crippen LogP contribution in [0.25, 0.3) is 5.65 Å². The number of alkyl halides is 3. The predicted molar refractivity (Wildman–Crippen MR) is 128 cm³/mol. The number of piperazine rings is 1. The number of carbonyl (C=O) groups is 1. The van der Waals surface area contributed by atoms with Crippen LogP contribution < -0.4 is 20.8 Å². The van der Waals surface area contributed by atoms with Gasteiger partial charge in [0, 0.05) is 44.3 Å². The van der Waals surface area contributed by atoms with E-state index < -0.39 is 29.9 Å². The molecule has 3 heterocycles. The Morgan fingerprint density at radius 3 is 2.33 bits per heavy atom. The smallest absolute Gasteiger partial charge is 0.368 e. The standard InChI is InChI=1S/C24H22F3N7O2/c25-24(26,27)18-8-4-5-9-19(18)29-20(35)16-34-23(36)33-11-10-28-21(22(33)30-34)32-14-12-31(13-15-32)17-6-2-1-3-7-17/h1-11H,12-16H2,(H,29,35). The zero-order valence-corrected chi connectivity index (χ0v) is 19.0. The maximum Gasteiger partial charge on any atom is 0.418 e. The van der Waals surface area contributed by atoms with Gasteiger partial charge in [0.25, 0.3) is 0 Å². The number of carbonyl (C=O) groups excluding carboxylic acids is 1. The van der Waals surface area contributed by atoms with Crippen LogP contribution >= 0.6 is 0 Å². The molecule has 1 aliphatic heterocycles. The van der Waals surface area contributed by atoms with Crippen molar-refractivity contribution in [1.82, 2.24) is 19.2 Å². The third-order valence-electron chi connectivity index (χ3n) is 5.98. The minimum atomic E-state index is -4.63. The van der Waals surface area contributed by atoms with Crippen LogP contribution in [0.15, 0.2) is 71.8 Å². The number of amides is 1. The first-order valence-corrected chi connectivity index (χ1v) is 11.3. The van der Waals surface area contributed by atoms with Crippen LogP contribution in [-0.2, 0) is 17.5 Å². The van der Waals surface area contributed by atoms with Gasteiger partial charge in [0.05, 0.1) is 11.3 Å². The Balaban J connectivity index is 1.34. The molecule has 0 atom stereocenters. The Kier molecular flexibility index (Phi) is 6.08. The van der Waals surface area contributed by atoms with Gasteiger partial charge >= 0.3 is 11.9 Å². The topological polar surface area (TPSA) is 87.8 Å².